The van der Waals surface area contributed by atoms with Gasteiger partial charge in [0, 0.05) is 22.1 Å². The third-order valence-electron chi connectivity index (χ3n) is 5.19. The molecule has 3 heterocycles. The van der Waals surface area contributed by atoms with E-state index in [4.69, 9.17) is 0 Å². The van der Waals surface area contributed by atoms with Gasteiger partial charge in [-0.25, -0.2) is 0 Å². The molecule has 118 valence electrons. The highest BCUT2D eigenvalue weighted by Gasteiger charge is 2.44. The zero-order valence-corrected chi connectivity index (χ0v) is 14.9. The first-order chi connectivity index (χ1) is 11.2. The molecule has 3 heteroatoms. The van der Waals surface area contributed by atoms with Crippen LogP contribution in [0.5, 0.6) is 0 Å². The number of hydrogen-bond acceptors (Lipinski definition) is 2. The number of nitrogens with one attached hydrogen (secondary N) is 2. The van der Waals surface area contributed by atoms with Crippen molar-refractivity contribution in [1.82, 2.24) is 5.32 Å². The molecule has 23 heavy (non-hydrogen) atoms. The normalized spacial score (nSPS) is 26.2. The van der Waals surface area contributed by atoms with E-state index in [0.29, 0.717) is 12.0 Å². The predicted molar refractivity (Wildman–Crippen MR) is 99.4 cm³/mol. The summed E-state index contributed by atoms with van der Waals surface area (Å²) in [6, 6.07) is 18.0. The second-order valence-corrected chi connectivity index (χ2v) is 7.74. The first kappa shape index (κ1) is 15.1. The third-order valence-corrected chi connectivity index (χ3v) is 5.68. The van der Waals surface area contributed by atoms with Crippen LogP contribution in [0.1, 0.15) is 24.5 Å². The number of piperidine rings is 1. The molecule has 2 nitrogen and oxygen atoms in total. The zero-order chi connectivity index (χ0) is 15.8. The summed E-state index contributed by atoms with van der Waals surface area (Å²) in [5.74, 6) is 2.25. The van der Waals surface area contributed by atoms with Gasteiger partial charge < -0.3 is 5.32 Å². The maximum Gasteiger partial charge on any atom is 0.226 e. The molecule has 3 unspecified atom stereocenters. The fraction of sp³-hybridized carbons (Fsp3) is 0.350. The van der Waals surface area contributed by atoms with Gasteiger partial charge >= 0.3 is 0 Å². The lowest BCUT2D eigenvalue weighted by Gasteiger charge is -2.38. The summed E-state index contributed by atoms with van der Waals surface area (Å²) in [6.07, 6.45) is 3.65. The average molecular weight is 370 g/mol. The summed E-state index contributed by atoms with van der Waals surface area (Å²) in [5.41, 5.74) is 4.12. The molecule has 0 aliphatic carbocycles. The quantitative estimate of drug-likeness (QED) is 0.758. The maximum absolute atomic E-state index is 3.78. The number of para-hydroxylation sites is 1. The predicted octanol–water partition coefficient (Wildman–Crippen LogP) is 4.56. The first-order valence-electron chi connectivity index (χ1n) is 8.38. The molecule has 1 fully saturated rings. The van der Waals surface area contributed by atoms with Gasteiger partial charge in [-0.2, -0.15) is 0 Å². The molecule has 2 aromatic rings. The Labute approximate surface area is 146 Å². The molecule has 1 saturated heterocycles. The average Bonchev–Trinajstić information content (AvgIpc) is 2.51. The molecule has 2 bridgehead atoms. The van der Waals surface area contributed by atoms with Crippen LogP contribution in [-0.2, 0) is 12.8 Å². The second-order valence-electron chi connectivity index (χ2n) is 6.82. The van der Waals surface area contributed by atoms with Gasteiger partial charge in [0.05, 0.1) is 6.42 Å². The lowest BCUT2D eigenvalue weighted by atomic mass is 9.76. The molecule has 2 aromatic carbocycles. The number of benzene rings is 2. The number of rotatable bonds is 2. The lowest BCUT2D eigenvalue weighted by molar-refractivity contribution is 0.267. The molecule has 3 aliphatic rings. The fourth-order valence-electron chi connectivity index (χ4n) is 3.90. The molecule has 3 aliphatic heterocycles. The van der Waals surface area contributed by atoms with E-state index in [9.17, 15) is 0 Å². The summed E-state index contributed by atoms with van der Waals surface area (Å²) in [7, 11) is 0. The minimum atomic E-state index is 0.265. The van der Waals surface area contributed by atoms with Crippen molar-refractivity contribution < 1.29 is 0 Å². The molecule has 3 atom stereocenters. The SMILES string of the molecule is CC1NC2Nc3ccccc3CC1C[C+]2Cc1cccc(Br)c1. The summed E-state index contributed by atoms with van der Waals surface area (Å²) in [5, 5.41) is 7.53. The van der Waals surface area contributed by atoms with Gasteiger partial charge in [0.2, 0.25) is 6.17 Å². The highest BCUT2D eigenvalue weighted by molar-refractivity contribution is 9.10. The van der Waals surface area contributed by atoms with E-state index in [-0.39, 0.29) is 6.17 Å². The monoisotopic (exact) mass is 369 g/mol. The Balaban J connectivity index is 1.61. The summed E-state index contributed by atoms with van der Waals surface area (Å²) < 4.78 is 1.16. The molecule has 0 radical (unpaired) electrons. The number of anilines is 1. The maximum atomic E-state index is 3.78. The van der Waals surface area contributed by atoms with Gasteiger partial charge in [-0.05, 0) is 42.7 Å². The van der Waals surface area contributed by atoms with Crippen LogP contribution in [0.2, 0.25) is 0 Å². The van der Waals surface area contributed by atoms with Crippen molar-refractivity contribution in [2.24, 2.45) is 5.92 Å². The van der Waals surface area contributed by atoms with E-state index in [1.54, 1.807) is 5.92 Å². The Morgan fingerprint density at radius 1 is 1.17 bits per heavy atom. The topological polar surface area (TPSA) is 24.1 Å². The smallest absolute Gasteiger partial charge is 0.226 e. The summed E-state index contributed by atoms with van der Waals surface area (Å²) in [4.78, 5) is 0. The second kappa shape index (κ2) is 6.21. The third kappa shape index (κ3) is 3.13. The lowest BCUT2D eigenvalue weighted by Crippen LogP contribution is -2.55. The van der Waals surface area contributed by atoms with Crippen LogP contribution in [0.15, 0.2) is 53.0 Å². The summed E-state index contributed by atoms with van der Waals surface area (Å²) >= 11 is 3.59. The van der Waals surface area contributed by atoms with E-state index in [0.717, 1.165) is 17.3 Å². The van der Waals surface area contributed by atoms with Gasteiger partial charge in [0.15, 0.2) is 0 Å². The molecular formula is C20H22BrN2+. The molecule has 2 N–H and O–H groups in total. The van der Waals surface area contributed by atoms with Crippen LogP contribution >= 0.6 is 15.9 Å². The van der Waals surface area contributed by atoms with Crippen molar-refractivity contribution in [3.63, 3.8) is 0 Å². The van der Waals surface area contributed by atoms with Gasteiger partial charge in [-0.3, -0.25) is 5.32 Å². The van der Waals surface area contributed by atoms with Crippen LogP contribution in [-0.4, -0.2) is 12.2 Å². The minimum absolute atomic E-state index is 0.265. The van der Waals surface area contributed by atoms with Crippen LogP contribution in [0, 0.1) is 11.8 Å². The van der Waals surface area contributed by atoms with E-state index < -0.39 is 0 Å². The van der Waals surface area contributed by atoms with Crippen molar-refractivity contribution >= 4 is 21.6 Å². The Hall–Kier alpha value is -1.45. The molecule has 0 spiro atoms. The van der Waals surface area contributed by atoms with Gasteiger partial charge in [-0.1, -0.05) is 46.3 Å². The van der Waals surface area contributed by atoms with Crippen LogP contribution in [0.3, 0.4) is 0 Å². The standard InChI is InChI=1S/C20H22BrN2/c1-13-16-11-15-6-2-3-8-19(15)23-20(22-13)17(12-16)9-14-5-4-7-18(21)10-14/h2-8,10,13,16,20,22-23H,9,11-12H2,1H3/q+1. The van der Waals surface area contributed by atoms with Gasteiger partial charge in [-0.15, -0.1) is 0 Å². The van der Waals surface area contributed by atoms with Crippen molar-refractivity contribution in [1.29, 1.82) is 0 Å². The van der Waals surface area contributed by atoms with Crippen LogP contribution in [0.25, 0.3) is 0 Å². The number of fused-ring (bicyclic) bond motifs is 2. The van der Waals surface area contributed by atoms with Crippen molar-refractivity contribution in [2.45, 2.75) is 38.4 Å². The highest BCUT2D eigenvalue weighted by Crippen LogP contribution is 2.37. The summed E-state index contributed by atoms with van der Waals surface area (Å²) in [6.45, 7) is 2.32. The van der Waals surface area contributed by atoms with Crippen molar-refractivity contribution in [3.05, 3.63) is 70.0 Å². The van der Waals surface area contributed by atoms with E-state index in [1.165, 1.54) is 23.2 Å². The highest BCUT2D eigenvalue weighted by atomic mass is 79.9. The zero-order valence-electron chi connectivity index (χ0n) is 13.4. The number of hydrogen-bond donors (Lipinski definition) is 2. The van der Waals surface area contributed by atoms with Crippen molar-refractivity contribution in [2.75, 3.05) is 5.32 Å². The number of halogens is 1. The fourth-order valence-corrected chi connectivity index (χ4v) is 4.35. The minimum Gasteiger partial charge on any atom is -0.332 e. The molecule has 0 saturated carbocycles. The Kier molecular flexibility index (Phi) is 4.08. The van der Waals surface area contributed by atoms with E-state index >= 15 is 0 Å². The molecule has 5 rings (SSSR count). The van der Waals surface area contributed by atoms with Crippen LogP contribution < -0.4 is 10.6 Å². The van der Waals surface area contributed by atoms with E-state index in [1.807, 2.05) is 0 Å². The molecule has 0 aromatic heterocycles. The van der Waals surface area contributed by atoms with Crippen LogP contribution in [0.4, 0.5) is 5.69 Å². The largest absolute Gasteiger partial charge is 0.332 e. The molecular weight excluding hydrogens is 348 g/mol. The van der Waals surface area contributed by atoms with Crippen molar-refractivity contribution in [3.8, 4) is 0 Å². The Morgan fingerprint density at radius 3 is 2.91 bits per heavy atom. The molecule has 0 amide bonds. The Morgan fingerprint density at radius 2 is 2.04 bits per heavy atom. The van der Waals surface area contributed by atoms with Gasteiger partial charge in [0.25, 0.3) is 0 Å². The van der Waals surface area contributed by atoms with Gasteiger partial charge in [0.1, 0.15) is 12.3 Å². The van der Waals surface area contributed by atoms with E-state index in [2.05, 4.69) is 82.0 Å². The first-order valence-corrected chi connectivity index (χ1v) is 9.18. The Bertz CT molecular complexity index is 700.